The van der Waals surface area contributed by atoms with Gasteiger partial charge in [0.1, 0.15) is 17.2 Å². The molecule has 7 heteroatoms. The molecule has 1 aliphatic rings. The van der Waals surface area contributed by atoms with Gasteiger partial charge in [-0.1, -0.05) is 48.0 Å². The first-order valence-electron chi connectivity index (χ1n) is 11.0. The van der Waals surface area contributed by atoms with Crippen molar-refractivity contribution in [1.29, 1.82) is 0 Å². The van der Waals surface area contributed by atoms with E-state index in [-0.39, 0.29) is 23.9 Å². The van der Waals surface area contributed by atoms with Crippen LogP contribution in [0.3, 0.4) is 0 Å². The van der Waals surface area contributed by atoms with E-state index in [1.165, 1.54) is 12.1 Å². The Morgan fingerprint density at radius 2 is 1.85 bits per heavy atom. The first kappa shape index (κ1) is 23.8. The number of carboxylic acids is 1. The fourth-order valence-corrected chi connectivity index (χ4v) is 4.42. The van der Waals surface area contributed by atoms with Crippen molar-refractivity contribution in [2.45, 2.75) is 38.3 Å². The molecule has 0 radical (unpaired) electrons. The summed E-state index contributed by atoms with van der Waals surface area (Å²) in [5.74, 6) is -0.969. The smallest absolute Gasteiger partial charge is 0.305 e. The van der Waals surface area contributed by atoms with Crippen LogP contribution in [0.15, 0.2) is 66.7 Å². The molecule has 1 heterocycles. The molecule has 0 fully saturated rings. The van der Waals surface area contributed by atoms with E-state index in [1.807, 2.05) is 43.3 Å². The highest BCUT2D eigenvalue weighted by atomic mass is 35.5. The summed E-state index contributed by atoms with van der Waals surface area (Å²) in [5.41, 5.74) is 2.48. The van der Waals surface area contributed by atoms with Crippen molar-refractivity contribution in [1.82, 2.24) is 4.90 Å². The van der Waals surface area contributed by atoms with Crippen molar-refractivity contribution < 1.29 is 23.8 Å². The third-order valence-electron chi connectivity index (χ3n) is 5.89. The summed E-state index contributed by atoms with van der Waals surface area (Å²) in [4.78, 5) is 26.0. The lowest BCUT2D eigenvalue weighted by molar-refractivity contribution is -0.137. The summed E-state index contributed by atoms with van der Waals surface area (Å²) in [6.07, 6.45) is 0.904. The number of carbonyl (C=O) groups excluding carboxylic acids is 1. The SMILES string of the molecule is CC1(Cc2ccc(Cl)c(F)c2)Cc2cc(C(=O)N(CCC(=O)O)Cc3ccccc3)ccc2O1. The summed E-state index contributed by atoms with van der Waals surface area (Å²) >= 11 is 5.79. The molecule has 5 nitrogen and oxygen atoms in total. The van der Waals surface area contributed by atoms with Crippen LogP contribution in [0.1, 0.15) is 40.4 Å². The second-order valence-electron chi connectivity index (χ2n) is 8.83. The van der Waals surface area contributed by atoms with Gasteiger partial charge in [-0.3, -0.25) is 9.59 Å². The largest absolute Gasteiger partial charge is 0.487 e. The Labute approximate surface area is 202 Å². The minimum atomic E-state index is -0.956. The number of carboxylic acid groups (broad SMARTS) is 1. The van der Waals surface area contributed by atoms with E-state index < -0.39 is 17.4 Å². The van der Waals surface area contributed by atoms with Crippen LogP contribution < -0.4 is 4.74 Å². The average Bonchev–Trinajstić information content (AvgIpc) is 3.14. The molecule has 3 aromatic rings. The number of amides is 1. The third kappa shape index (κ3) is 5.57. The van der Waals surface area contributed by atoms with Gasteiger partial charge in [0.05, 0.1) is 11.4 Å². The van der Waals surface area contributed by atoms with Crippen molar-refractivity contribution in [3.63, 3.8) is 0 Å². The van der Waals surface area contributed by atoms with Crippen molar-refractivity contribution in [2.24, 2.45) is 0 Å². The molecule has 0 saturated heterocycles. The summed E-state index contributed by atoms with van der Waals surface area (Å²) < 4.78 is 20.1. The van der Waals surface area contributed by atoms with Crippen LogP contribution in [0.2, 0.25) is 5.02 Å². The lowest BCUT2D eigenvalue weighted by atomic mass is 9.91. The number of benzene rings is 3. The van der Waals surface area contributed by atoms with Crippen LogP contribution in [-0.2, 0) is 24.2 Å². The highest BCUT2D eigenvalue weighted by Crippen LogP contribution is 2.38. The molecular formula is C27H25ClFNO4. The molecule has 1 atom stereocenters. The molecule has 176 valence electrons. The van der Waals surface area contributed by atoms with Crippen LogP contribution in [0.25, 0.3) is 0 Å². The molecule has 0 aliphatic carbocycles. The number of rotatable bonds is 8. The lowest BCUT2D eigenvalue weighted by Gasteiger charge is -2.24. The van der Waals surface area contributed by atoms with Gasteiger partial charge in [0, 0.05) is 31.5 Å². The van der Waals surface area contributed by atoms with E-state index in [1.54, 1.807) is 23.1 Å². The molecule has 0 aromatic heterocycles. The highest BCUT2D eigenvalue weighted by molar-refractivity contribution is 6.30. The lowest BCUT2D eigenvalue weighted by Crippen LogP contribution is -2.33. The predicted octanol–water partition coefficient (Wildman–Crippen LogP) is 5.53. The van der Waals surface area contributed by atoms with Crippen molar-refractivity contribution in [2.75, 3.05) is 6.54 Å². The van der Waals surface area contributed by atoms with Gasteiger partial charge in [0.15, 0.2) is 0 Å². The standard InChI is InChI=1S/C27H25ClFNO4/c1-27(15-19-7-9-22(28)23(29)13-19)16-21-14-20(8-10-24(21)34-27)26(33)30(12-11-25(31)32)17-18-5-3-2-4-6-18/h2-10,13-14H,11-12,15-17H2,1H3,(H,31,32). The zero-order chi connectivity index (χ0) is 24.3. The average molecular weight is 482 g/mol. The maximum absolute atomic E-state index is 13.9. The van der Waals surface area contributed by atoms with Crippen LogP contribution in [0.4, 0.5) is 4.39 Å². The van der Waals surface area contributed by atoms with E-state index in [0.29, 0.717) is 30.7 Å². The Balaban J connectivity index is 1.52. The first-order chi connectivity index (χ1) is 16.2. The van der Waals surface area contributed by atoms with Crippen LogP contribution in [0.5, 0.6) is 5.75 Å². The quantitative estimate of drug-likeness (QED) is 0.459. The molecule has 3 aromatic carbocycles. The van der Waals surface area contributed by atoms with E-state index in [2.05, 4.69) is 0 Å². The Kier molecular flexibility index (Phi) is 6.89. The Morgan fingerprint density at radius 1 is 1.09 bits per heavy atom. The summed E-state index contributed by atoms with van der Waals surface area (Å²) in [6.45, 7) is 2.38. The van der Waals surface area contributed by atoms with Gasteiger partial charge in [-0.2, -0.15) is 0 Å². The molecular weight excluding hydrogens is 457 g/mol. The van der Waals surface area contributed by atoms with Crippen LogP contribution >= 0.6 is 11.6 Å². The van der Waals surface area contributed by atoms with E-state index in [4.69, 9.17) is 21.4 Å². The number of carbonyl (C=O) groups is 2. The molecule has 0 spiro atoms. The number of aliphatic carboxylic acids is 1. The zero-order valence-electron chi connectivity index (χ0n) is 18.8. The van der Waals surface area contributed by atoms with E-state index >= 15 is 0 Å². The van der Waals surface area contributed by atoms with Crippen molar-refractivity contribution >= 4 is 23.5 Å². The fraction of sp³-hybridized carbons (Fsp3) is 0.259. The minimum absolute atomic E-state index is 0.0793. The summed E-state index contributed by atoms with van der Waals surface area (Å²) in [5, 5.41) is 9.21. The summed E-state index contributed by atoms with van der Waals surface area (Å²) in [7, 11) is 0. The molecule has 4 rings (SSSR count). The molecule has 1 aliphatic heterocycles. The number of nitrogens with zero attached hydrogens (tertiary/aromatic N) is 1. The van der Waals surface area contributed by atoms with Crippen LogP contribution in [-0.4, -0.2) is 34.0 Å². The predicted molar refractivity (Wildman–Crippen MR) is 128 cm³/mol. The monoisotopic (exact) mass is 481 g/mol. The number of hydrogen-bond acceptors (Lipinski definition) is 3. The zero-order valence-corrected chi connectivity index (χ0v) is 19.5. The van der Waals surface area contributed by atoms with E-state index in [9.17, 15) is 14.0 Å². The van der Waals surface area contributed by atoms with Gasteiger partial charge >= 0.3 is 5.97 Å². The van der Waals surface area contributed by atoms with Gasteiger partial charge in [-0.05, 0) is 53.9 Å². The number of ether oxygens (including phenoxy) is 1. The van der Waals surface area contributed by atoms with Gasteiger partial charge < -0.3 is 14.7 Å². The Morgan fingerprint density at radius 3 is 2.56 bits per heavy atom. The molecule has 0 saturated carbocycles. The van der Waals surface area contributed by atoms with Crippen LogP contribution in [0, 0.1) is 5.82 Å². The van der Waals surface area contributed by atoms with Gasteiger partial charge in [-0.25, -0.2) is 4.39 Å². The Bertz CT molecular complexity index is 1220. The van der Waals surface area contributed by atoms with Crippen molar-refractivity contribution in [3.05, 3.63) is 99.8 Å². The van der Waals surface area contributed by atoms with E-state index in [0.717, 1.165) is 16.7 Å². The first-order valence-corrected chi connectivity index (χ1v) is 11.4. The molecule has 1 N–H and O–H groups in total. The fourth-order valence-electron chi connectivity index (χ4n) is 4.30. The third-order valence-corrected chi connectivity index (χ3v) is 6.20. The van der Waals surface area contributed by atoms with Gasteiger partial charge in [0.25, 0.3) is 5.91 Å². The van der Waals surface area contributed by atoms with Gasteiger partial charge in [0.2, 0.25) is 0 Å². The Hall–Kier alpha value is -3.38. The maximum atomic E-state index is 13.9. The molecule has 1 unspecified atom stereocenters. The number of fused-ring (bicyclic) bond motifs is 1. The van der Waals surface area contributed by atoms with Crippen molar-refractivity contribution in [3.8, 4) is 5.75 Å². The number of halogens is 2. The molecule has 34 heavy (non-hydrogen) atoms. The highest BCUT2D eigenvalue weighted by Gasteiger charge is 2.35. The molecule has 1 amide bonds. The number of hydrogen-bond donors (Lipinski definition) is 1. The normalized spacial score (nSPS) is 16.6. The summed E-state index contributed by atoms with van der Waals surface area (Å²) in [6, 6.07) is 19.5. The second-order valence-corrected chi connectivity index (χ2v) is 9.24. The topological polar surface area (TPSA) is 66.8 Å². The second kappa shape index (κ2) is 9.85. The maximum Gasteiger partial charge on any atom is 0.305 e. The van der Waals surface area contributed by atoms with Gasteiger partial charge in [-0.15, -0.1) is 0 Å². The minimum Gasteiger partial charge on any atom is -0.487 e. The molecule has 0 bridgehead atoms.